The van der Waals surface area contributed by atoms with Crippen molar-refractivity contribution in [2.75, 3.05) is 0 Å². The van der Waals surface area contributed by atoms with Gasteiger partial charge >= 0.3 is 155 Å². The zero-order chi connectivity index (χ0) is 19.3. The summed E-state index contributed by atoms with van der Waals surface area (Å²) >= 11 is -5.83. The van der Waals surface area contributed by atoms with E-state index < -0.39 is 28.0 Å². The summed E-state index contributed by atoms with van der Waals surface area (Å²) in [5.74, 6) is 0. The van der Waals surface area contributed by atoms with E-state index in [2.05, 4.69) is 9.78 Å². The van der Waals surface area contributed by atoms with E-state index in [1.165, 1.54) is 0 Å². The molecule has 0 radical (unpaired) electrons. The molecule has 0 bridgehead atoms. The van der Waals surface area contributed by atoms with E-state index in [0.29, 0.717) is 29.0 Å². The van der Waals surface area contributed by atoms with Crippen LogP contribution in [0.2, 0.25) is 0 Å². The molecule has 0 fully saturated rings. The van der Waals surface area contributed by atoms with Gasteiger partial charge in [0.15, 0.2) is 0 Å². The SMILES string of the molecule is CCC(C)[NH][Zr]([NH]C(C)CC)([NH]C(C)CC)([C]1=CC=CC1)[Ge]([F])([F])[F]. The molecule has 147 valence electrons. The summed E-state index contributed by atoms with van der Waals surface area (Å²) in [5, 5.41) is 0. The van der Waals surface area contributed by atoms with Gasteiger partial charge in [0.2, 0.25) is 0 Å². The van der Waals surface area contributed by atoms with Gasteiger partial charge < -0.3 is 0 Å². The molecule has 1 aliphatic carbocycles. The van der Waals surface area contributed by atoms with Crippen LogP contribution in [0.1, 0.15) is 67.2 Å². The fourth-order valence-electron chi connectivity index (χ4n) is 3.43. The topological polar surface area (TPSA) is 36.1 Å². The second kappa shape index (κ2) is 9.18. The standard InChI is InChI=1S/C5H5.3C4H10N.F3Ge.Zr/c1-2-4-5-3-1;3*1-3-4(2)5;1-4(2)3;/h1-3H,4H2;3*4-5H,3H2,1-2H3;;/q;3*-1;;+3. The second-order valence-corrected chi connectivity index (χ2v) is 39.0. The van der Waals surface area contributed by atoms with E-state index in [4.69, 9.17) is 0 Å². The molecule has 8 heteroatoms. The molecule has 0 heterocycles. The van der Waals surface area contributed by atoms with Crippen molar-refractivity contribution >= 4 is 10.9 Å². The molecule has 1 rings (SSSR count). The Bertz CT molecular complexity index is 474. The summed E-state index contributed by atoms with van der Waals surface area (Å²) in [6.45, 7) is 11.5. The monoisotopic (exact) mass is 502 g/mol. The molecule has 0 saturated heterocycles. The molecule has 3 atom stereocenters. The zero-order valence-electron chi connectivity index (χ0n) is 16.4. The summed E-state index contributed by atoms with van der Waals surface area (Å²) in [5.41, 5.74) is 0. The number of hydrogen-bond donors (Lipinski definition) is 3. The maximum atomic E-state index is 15.2. The third-order valence-corrected chi connectivity index (χ3v) is 43.6. The first-order valence-corrected chi connectivity index (χ1v) is 24.2. The molecule has 0 aromatic rings. The van der Waals surface area contributed by atoms with Crippen LogP contribution < -0.4 is 9.78 Å². The van der Waals surface area contributed by atoms with Gasteiger partial charge in [0.25, 0.3) is 0 Å². The van der Waals surface area contributed by atoms with Crippen LogP contribution in [-0.4, -0.2) is 29.0 Å². The molecule has 0 aliphatic heterocycles. The van der Waals surface area contributed by atoms with Crippen molar-refractivity contribution < 1.29 is 27.6 Å². The summed E-state index contributed by atoms with van der Waals surface area (Å²) in [7, 11) is -6.74. The molecule has 0 amide bonds. The van der Waals surface area contributed by atoms with E-state index >= 15 is 10.5 Å². The molecule has 0 spiro atoms. The predicted molar refractivity (Wildman–Crippen MR) is 99.6 cm³/mol. The fraction of sp³-hybridized carbons (Fsp3) is 0.765. The van der Waals surface area contributed by atoms with E-state index in [0.717, 1.165) is 0 Å². The molecule has 3 nitrogen and oxygen atoms in total. The van der Waals surface area contributed by atoms with Crippen LogP contribution in [0.5, 0.6) is 0 Å². The Kier molecular flexibility index (Phi) is 8.67. The van der Waals surface area contributed by atoms with E-state index in [9.17, 15) is 0 Å². The predicted octanol–water partition coefficient (Wildman–Crippen LogP) is 4.77. The van der Waals surface area contributed by atoms with Crippen molar-refractivity contribution in [3.8, 4) is 0 Å². The quantitative estimate of drug-likeness (QED) is 0.357. The second-order valence-electron chi connectivity index (χ2n) is 7.43. The van der Waals surface area contributed by atoms with Crippen LogP contribution in [0.4, 0.5) is 10.5 Å². The molecular weight excluding hydrogens is 467 g/mol. The zero-order valence-corrected chi connectivity index (χ0v) is 21.0. The van der Waals surface area contributed by atoms with Crippen LogP contribution in [0, 0.1) is 0 Å². The summed E-state index contributed by atoms with van der Waals surface area (Å²) in [6, 6.07) is -0.562. The van der Waals surface area contributed by atoms with E-state index in [-0.39, 0.29) is 18.1 Å². The summed E-state index contributed by atoms with van der Waals surface area (Å²) in [4.78, 5) is 0. The van der Waals surface area contributed by atoms with Crippen molar-refractivity contribution in [1.29, 1.82) is 0 Å². The normalized spacial score (nSPS) is 20.7. The van der Waals surface area contributed by atoms with Gasteiger partial charge in [-0.3, -0.25) is 0 Å². The maximum absolute atomic E-state index is 15.2. The van der Waals surface area contributed by atoms with Crippen molar-refractivity contribution in [2.24, 2.45) is 0 Å². The Morgan fingerprint density at radius 3 is 1.56 bits per heavy atom. The van der Waals surface area contributed by atoms with Gasteiger partial charge in [-0.1, -0.05) is 0 Å². The number of halogens is 3. The van der Waals surface area contributed by atoms with E-state index in [1.807, 2.05) is 47.6 Å². The minimum atomic E-state index is -6.74. The van der Waals surface area contributed by atoms with Crippen LogP contribution >= 0.6 is 0 Å². The third-order valence-electron chi connectivity index (χ3n) is 5.42. The van der Waals surface area contributed by atoms with Gasteiger partial charge in [-0.05, 0) is 0 Å². The molecule has 0 saturated carbocycles. The van der Waals surface area contributed by atoms with Crippen molar-refractivity contribution in [3.05, 3.63) is 21.5 Å². The van der Waals surface area contributed by atoms with Crippen LogP contribution in [0.3, 0.4) is 0 Å². The first-order chi connectivity index (χ1) is 11.5. The van der Waals surface area contributed by atoms with Gasteiger partial charge in [-0.2, -0.15) is 0 Å². The van der Waals surface area contributed by atoms with Gasteiger partial charge in [0.1, 0.15) is 0 Å². The minimum absolute atomic E-state index is 0.187. The average Bonchev–Trinajstić information content (AvgIpc) is 3.08. The molecule has 0 aromatic heterocycles. The van der Waals surface area contributed by atoms with Crippen molar-refractivity contribution in [1.82, 2.24) is 9.78 Å². The van der Waals surface area contributed by atoms with Gasteiger partial charge in [0.05, 0.1) is 0 Å². The van der Waals surface area contributed by atoms with Gasteiger partial charge in [0, 0.05) is 0 Å². The van der Waals surface area contributed by atoms with Crippen LogP contribution in [0.15, 0.2) is 21.5 Å². The molecule has 3 unspecified atom stereocenters. The van der Waals surface area contributed by atoms with Crippen LogP contribution in [0.25, 0.3) is 0 Å². The van der Waals surface area contributed by atoms with Crippen molar-refractivity contribution in [2.45, 2.75) is 85.4 Å². The molecule has 25 heavy (non-hydrogen) atoms. The number of nitrogens with one attached hydrogen (secondary N) is 3. The summed E-state index contributed by atoms with van der Waals surface area (Å²) in [6.07, 6.45) is 7.78. The Morgan fingerprint density at radius 2 is 1.32 bits per heavy atom. The first-order valence-electron chi connectivity index (χ1n) is 9.48. The fourth-order valence-corrected chi connectivity index (χ4v) is 40.7. The average molecular weight is 502 g/mol. The number of allylic oxidation sites excluding steroid dienone is 4. The Balaban J connectivity index is 3.69. The molecular formula is C17H35F3GeN3Zr. The first kappa shape index (κ1) is 23.6. The third kappa shape index (κ3) is 4.71. The number of hydrogen-bond acceptors (Lipinski definition) is 3. The Labute approximate surface area is 154 Å². The van der Waals surface area contributed by atoms with Gasteiger partial charge in [-0.25, -0.2) is 0 Å². The molecule has 3 N–H and O–H groups in total. The van der Waals surface area contributed by atoms with Crippen LogP contribution in [-0.2, 0) is 17.1 Å². The molecule has 1 aliphatic rings. The Hall–Kier alpha value is 0.576. The van der Waals surface area contributed by atoms with Gasteiger partial charge in [-0.15, -0.1) is 0 Å². The molecule has 0 aromatic carbocycles. The van der Waals surface area contributed by atoms with Crippen molar-refractivity contribution in [3.63, 3.8) is 0 Å². The Morgan fingerprint density at radius 1 is 0.920 bits per heavy atom. The number of rotatable bonds is 11. The summed E-state index contributed by atoms with van der Waals surface area (Å²) < 4.78 is 55.9. The van der Waals surface area contributed by atoms with E-state index in [1.54, 1.807) is 12.2 Å².